The third kappa shape index (κ3) is 2.77. The van der Waals surface area contributed by atoms with E-state index >= 15 is 0 Å². The number of Topliss-reactive ketones (excluding diaryl/α,β-unsaturated/α-hetero) is 1. The summed E-state index contributed by atoms with van der Waals surface area (Å²) in [5.41, 5.74) is 0. The minimum absolute atomic E-state index is 0.121. The van der Waals surface area contributed by atoms with Crippen molar-refractivity contribution >= 4 is 11.9 Å². The summed E-state index contributed by atoms with van der Waals surface area (Å²) in [5.74, 6) is 0.223. The van der Waals surface area contributed by atoms with Crippen molar-refractivity contribution in [2.24, 2.45) is 0 Å². The first-order chi connectivity index (χ1) is 8.22. The number of hydrogen-bond donors (Lipinski definition) is 0. The van der Waals surface area contributed by atoms with Crippen molar-refractivity contribution in [3.63, 3.8) is 0 Å². The Morgan fingerprint density at radius 2 is 2.06 bits per heavy atom. The molecule has 96 valence electrons. The van der Waals surface area contributed by atoms with Crippen LogP contribution >= 0.6 is 0 Å². The van der Waals surface area contributed by atoms with Gasteiger partial charge in [-0.15, -0.1) is 0 Å². The minimum atomic E-state index is -0.288. The molecule has 0 spiro atoms. The maximum atomic E-state index is 11.9. The fourth-order valence-corrected chi connectivity index (χ4v) is 2.40. The zero-order valence-electron chi connectivity index (χ0n) is 10.2. The molecule has 2 heterocycles. The summed E-state index contributed by atoms with van der Waals surface area (Å²) in [6, 6.07) is -0.242. The number of morpholine rings is 1. The number of piperidine rings is 1. The second kappa shape index (κ2) is 5.49. The molecule has 2 fully saturated rings. The molecule has 2 bridgehead atoms. The van der Waals surface area contributed by atoms with E-state index in [0.717, 1.165) is 12.8 Å². The van der Waals surface area contributed by atoms with Crippen LogP contribution in [0.2, 0.25) is 0 Å². The number of unbranched alkanes of at least 4 members (excludes halogenated alkanes) is 1. The van der Waals surface area contributed by atoms with Crippen LogP contribution in [0.5, 0.6) is 0 Å². The lowest BCUT2D eigenvalue weighted by Gasteiger charge is -2.44. The van der Waals surface area contributed by atoms with Gasteiger partial charge < -0.3 is 9.47 Å². The van der Waals surface area contributed by atoms with Crippen molar-refractivity contribution in [3.05, 3.63) is 0 Å². The van der Waals surface area contributed by atoms with Crippen LogP contribution in [0.4, 0.5) is 4.79 Å². The Morgan fingerprint density at radius 1 is 1.41 bits per heavy atom. The topological polar surface area (TPSA) is 55.8 Å². The highest BCUT2D eigenvalue weighted by Gasteiger charge is 2.41. The summed E-state index contributed by atoms with van der Waals surface area (Å²) in [6.45, 7) is 3.41. The van der Waals surface area contributed by atoms with Gasteiger partial charge in [-0.2, -0.15) is 0 Å². The average molecular weight is 241 g/mol. The monoisotopic (exact) mass is 241 g/mol. The van der Waals surface area contributed by atoms with E-state index in [1.807, 2.05) is 0 Å². The lowest BCUT2D eigenvalue weighted by Crippen LogP contribution is -2.59. The number of amides is 1. The number of carbonyl (C=O) groups is 2. The Balaban J connectivity index is 1.94. The average Bonchev–Trinajstić information content (AvgIpc) is 2.27. The molecule has 0 aromatic rings. The second-order valence-corrected chi connectivity index (χ2v) is 4.67. The highest BCUT2D eigenvalue weighted by atomic mass is 16.6. The molecule has 0 unspecified atom stereocenters. The van der Waals surface area contributed by atoms with E-state index in [4.69, 9.17) is 9.47 Å². The first-order valence-corrected chi connectivity index (χ1v) is 6.27. The minimum Gasteiger partial charge on any atom is -0.449 e. The molecule has 2 aliphatic heterocycles. The summed E-state index contributed by atoms with van der Waals surface area (Å²) in [6.07, 6.45) is 2.40. The SMILES string of the molecule is CCCCOC(=O)N1[C@@H]2COC[C@H]1CC(=O)C2. The van der Waals surface area contributed by atoms with Crippen LogP contribution in [-0.4, -0.2) is 48.7 Å². The molecular formula is C12H19NO4. The quantitative estimate of drug-likeness (QED) is 0.700. The van der Waals surface area contributed by atoms with Gasteiger partial charge in [-0.05, 0) is 6.42 Å². The van der Waals surface area contributed by atoms with E-state index in [1.165, 1.54) is 0 Å². The fourth-order valence-electron chi connectivity index (χ4n) is 2.40. The van der Waals surface area contributed by atoms with Gasteiger partial charge in [-0.3, -0.25) is 9.69 Å². The lowest BCUT2D eigenvalue weighted by atomic mass is 9.94. The van der Waals surface area contributed by atoms with Crippen LogP contribution in [0.3, 0.4) is 0 Å². The zero-order valence-corrected chi connectivity index (χ0v) is 10.2. The van der Waals surface area contributed by atoms with Gasteiger partial charge in [0.25, 0.3) is 0 Å². The largest absolute Gasteiger partial charge is 0.449 e. The van der Waals surface area contributed by atoms with Crippen molar-refractivity contribution in [1.82, 2.24) is 4.90 Å². The zero-order chi connectivity index (χ0) is 12.3. The number of ketones is 1. The lowest BCUT2D eigenvalue weighted by molar-refractivity contribution is -0.133. The highest BCUT2D eigenvalue weighted by molar-refractivity contribution is 5.83. The Kier molecular flexibility index (Phi) is 3.99. The highest BCUT2D eigenvalue weighted by Crippen LogP contribution is 2.26. The summed E-state index contributed by atoms with van der Waals surface area (Å²) in [7, 11) is 0. The molecule has 5 heteroatoms. The van der Waals surface area contributed by atoms with Gasteiger partial charge in [-0.25, -0.2) is 4.79 Å². The molecule has 0 aromatic heterocycles. The molecule has 2 aliphatic rings. The predicted octanol–water partition coefficient (Wildman–Crippen LogP) is 1.36. The van der Waals surface area contributed by atoms with Crippen LogP contribution < -0.4 is 0 Å². The smallest absolute Gasteiger partial charge is 0.410 e. The number of hydrogen-bond acceptors (Lipinski definition) is 4. The van der Waals surface area contributed by atoms with Gasteiger partial charge in [0.2, 0.25) is 0 Å². The molecule has 17 heavy (non-hydrogen) atoms. The maximum Gasteiger partial charge on any atom is 0.410 e. The van der Waals surface area contributed by atoms with E-state index in [2.05, 4.69) is 6.92 Å². The first kappa shape index (κ1) is 12.4. The molecule has 0 aliphatic carbocycles. The van der Waals surface area contributed by atoms with Gasteiger partial charge in [0.15, 0.2) is 0 Å². The summed E-state index contributed by atoms with van der Waals surface area (Å²) < 4.78 is 10.6. The van der Waals surface area contributed by atoms with E-state index in [1.54, 1.807) is 4.90 Å². The molecular weight excluding hydrogens is 222 g/mol. The van der Waals surface area contributed by atoms with Crippen molar-refractivity contribution in [2.75, 3.05) is 19.8 Å². The summed E-state index contributed by atoms with van der Waals surface area (Å²) >= 11 is 0. The molecule has 2 saturated heterocycles. The maximum absolute atomic E-state index is 11.9. The number of nitrogens with zero attached hydrogens (tertiary/aromatic N) is 1. The standard InChI is InChI=1S/C12H19NO4/c1-2-3-4-17-12(15)13-9-5-11(14)6-10(13)8-16-7-9/h9-10H,2-8H2,1H3/t9-,10+. The van der Waals surface area contributed by atoms with E-state index in [9.17, 15) is 9.59 Å². The van der Waals surface area contributed by atoms with Crippen LogP contribution in [0.1, 0.15) is 32.6 Å². The third-order valence-electron chi connectivity index (χ3n) is 3.27. The van der Waals surface area contributed by atoms with Gasteiger partial charge >= 0.3 is 6.09 Å². The van der Waals surface area contributed by atoms with Crippen molar-refractivity contribution < 1.29 is 19.1 Å². The molecule has 2 rings (SSSR count). The van der Waals surface area contributed by atoms with Gasteiger partial charge in [0.1, 0.15) is 5.78 Å². The van der Waals surface area contributed by atoms with Crippen molar-refractivity contribution in [2.45, 2.75) is 44.7 Å². The van der Waals surface area contributed by atoms with E-state index in [0.29, 0.717) is 32.7 Å². The number of ether oxygens (including phenoxy) is 2. The van der Waals surface area contributed by atoms with E-state index < -0.39 is 0 Å². The molecule has 5 nitrogen and oxygen atoms in total. The van der Waals surface area contributed by atoms with Crippen LogP contribution in [0.25, 0.3) is 0 Å². The Bertz CT molecular complexity index is 289. The molecule has 2 atom stereocenters. The van der Waals surface area contributed by atoms with Gasteiger partial charge in [0.05, 0.1) is 31.9 Å². The molecule has 0 radical (unpaired) electrons. The summed E-state index contributed by atoms with van der Waals surface area (Å²) in [5, 5.41) is 0. The van der Waals surface area contributed by atoms with Gasteiger partial charge in [0, 0.05) is 12.8 Å². The van der Waals surface area contributed by atoms with Crippen LogP contribution in [0, 0.1) is 0 Å². The second-order valence-electron chi connectivity index (χ2n) is 4.67. The number of rotatable bonds is 3. The molecule has 1 amide bonds. The normalized spacial score (nSPS) is 28.1. The van der Waals surface area contributed by atoms with Gasteiger partial charge in [-0.1, -0.05) is 13.3 Å². The number of carbonyl (C=O) groups excluding carboxylic acids is 2. The summed E-state index contributed by atoms with van der Waals surface area (Å²) in [4.78, 5) is 25.1. The third-order valence-corrected chi connectivity index (χ3v) is 3.27. The Hall–Kier alpha value is -1.10. The Labute approximate surface area is 101 Å². The first-order valence-electron chi connectivity index (χ1n) is 6.27. The fraction of sp³-hybridized carbons (Fsp3) is 0.833. The molecule has 0 N–H and O–H groups in total. The van der Waals surface area contributed by atoms with E-state index in [-0.39, 0.29) is 24.0 Å². The molecule has 0 aromatic carbocycles. The van der Waals surface area contributed by atoms with Crippen molar-refractivity contribution in [3.8, 4) is 0 Å². The number of fused-ring (bicyclic) bond motifs is 2. The molecule has 0 saturated carbocycles. The van der Waals surface area contributed by atoms with Crippen molar-refractivity contribution in [1.29, 1.82) is 0 Å². The predicted molar refractivity (Wildman–Crippen MR) is 60.7 cm³/mol. The van der Waals surface area contributed by atoms with Crippen LogP contribution in [-0.2, 0) is 14.3 Å². The Morgan fingerprint density at radius 3 is 2.65 bits per heavy atom. The van der Waals surface area contributed by atoms with Crippen LogP contribution in [0.15, 0.2) is 0 Å².